The molecule has 108 valence electrons. The molecule has 1 heterocycles. The molecule has 5 nitrogen and oxygen atoms in total. The average Bonchev–Trinajstić information content (AvgIpc) is 2.29. The lowest BCUT2D eigenvalue weighted by atomic mass is 10.2. The second-order valence-corrected chi connectivity index (χ2v) is 9.68. The molecule has 0 aliphatic carbocycles. The van der Waals surface area contributed by atoms with Crippen molar-refractivity contribution in [3.8, 4) is 0 Å². The van der Waals surface area contributed by atoms with Gasteiger partial charge in [0.25, 0.3) is 0 Å². The first kappa shape index (κ1) is 16.7. The highest BCUT2D eigenvalue weighted by atomic mass is 35.7. The maximum Gasteiger partial charge on any atom is 0.196 e. The van der Waals surface area contributed by atoms with E-state index >= 15 is 0 Å². The van der Waals surface area contributed by atoms with Crippen molar-refractivity contribution in [3.63, 3.8) is 0 Å². The van der Waals surface area contributed by atoms with E-state index in [0.717, 1.165) is 25.2 Å². The van der Waals surface area contributed by atoms with Gasteiger partial charge in [0.2, 0.25) is 0 Å². The Labute approximate surface area is 114 Å². The van der Waals surface area contributed by atoms with Gasteiger partial charge in [-0.2, -0.15) is 0 Å². The van der Waals surface area contributed by atoms with Crippen molar-refractivity contribution in [2.24, 2.45) is 0 Å². The molecule has 1 rings (SSSR count). The maximum absolute atomic E-state index is 12.4. The van der Waals surface area contributed by atoms with E-state index in [1.54, 1.807) is 18.5 Å². The Bertz CT molecular complexity index is 337. The van der Waals surface area contributed by atoms with E-state index in [0.29, 0.717) is 13.1 Å². The molecule has 0 saturated carbocycles. The topological polar surface area (TPSA) is 55.8 Å². The van der Waals surface area contributed by atoms with Gasteiger partial charge in [-0.25, -0.2) is 0 Å². The smallest absolute Gasteiger partial charge is 0.196 e. The molecule has 8 heteroatoms. The van der Waals surface area contributed by atoms with Crippen LogP contribution in [0.2, 0.25) is 0 Å². The quantitative estimate of drug-likeness (QED) is 0.518. The Morgan fingerprint density at radius 1 is 1.11 bits per heavy atom. The number of hydrogen-bond donors (Lipinski definition) is 0. The number of nitrogens with zero attached hydrogens (tertiary/aromatic N) is 1. The summed E-state index contributed by atoms with van der Waals surface area (Å²) in [6.07, 6.45) is 3.03. The zero-order chi connectivity index (χ0) is 13.6. The standard InChI is InChI=1S/C10H21ClNO4P2/c1-3-15-18(14,16-4-2)10-17(11,13)12-8-6-5-7-9-12/h10H,3-9H2,1-2H3/q-1. The summed E-state index contributed by atoms with van der Waals surface area (Å²) in [4.78, 5) is 0. The molecule has 1 unspecified atom stereocenters. The van der Waals surface area contributed by atoms with Crippen LogP contribution in [0.1, 0.15) is 33.1 Å². The lowest BCUT2D eigenvalue weighted by Gasteiger charge is -2.38. The molecule has 0 aromatic carbocycles. The molecular formula is C10H21ClNO4P2-. The second kappa shape index (κ2) is 7.42. The Morgan fingerprint density at radius 2 is 1.61 bits per heavy atom. The molecule has 0 aromatic heterocycles. The number of hydrogen-bond acceptors (Lipinski definition) is 4. The summed E-state index contributed by atoms with van der Waals surface area (Å²) < 4.78 is 36.6. The van der Waals surface area contributed by atoms with E-state index in [9.17, 15) is 9.13 Å². The third-order valence-corrected chi connectivity index (χ3v) is 8.73. The number of halogens is 1. The van der Waals surface area contributed by atoms with E-state index < -0.39 is 14.2 Å². The van der Waals surface area contributed by atoms with Gasteiger partial charge in [-0.1, -0.05) is 17.7 Å². The van der Waals surface area contributed by atoms with Crippen LogP contribution in [-0.4, -0.2) is 31.0 Å². The van der Waals surface area contributed by atoms with Crippen LogP contribution in [0.5, 0.6) is 0 Å². The van der Waals surface area contributed by atoms with Crippen molar-refractivity contribution in [2.45, 2.75) is 33.1 Å². The van der Waals surface area contributed by atoms with Crippen molar-refractivity contribution in [1.29, 1.82) is 0 Å². The van der Waals surface area contributed by atoms with Crippen LogP contribution in [0.3, 0.4) is 0 Å². The minimum absolute atomic E-state index is 0.227. The molecule has 0 spiro atoms. The molecule has 18 heavy (non-hydrogen) atoms. The highest BCUT2D eigenvalue weighted by Gasteiger charge is 2.29. The van der Waals surface area contributed by atoms with Crippen LogP contribution in [0, 0.1) is 5.90 Å². The Kier molecular flexibility index (Phi) is 6.88. The second-order valence-electron chi connectivity index (χ2n) is 4.05. The predicted molar refractivity (Wildman–Crippen MR) is 74.0 cm³/mol. The minimum atomic E-state index is -3.47. The lowest BCUT2D eigenvalue weighted by molar-refractivity contribution is 0.227. The SMILES string of the molecule is CCOP(=O)([CH-]P(=O)(Cl)N1CCCCC1)OCC. The minimum Gasteiger partial charge on any atom is -0.331 e. The summed E-state index contributed by atoms with van der Waals surface area (Å²) in [7, 11) is -3.47. The van der Waals surface area contributed by atoms with Gasteiger partial charge in [0.05, 0.1) is 13.2 Å². The van der Waals surface area contributed by atoms with Crippen LogP contribution >= 0.6 is 25.5 Å². The van der Waals surface area contributed by atoms with Crippen molar-refractivity contribution in [3.05, 3.63) is 5.90 Å². The van der Waals surface area contributed by atoms with Gasteiger partial charge in [0, 0.05) is 13.1 Å². The number of rotatable bonds is 7. The molecule has 1 aliphatic rings. The molecule has 0 amide bonds. The molecule has 1 atom stereocenters. The third-order valence-electron chi connectivity index (χ3n) is 2.62. The monoisotopic (exact) mass is 316 g/mol. The van der Waals surface area contributed by atoms with Gasteiger partial charge in [-0.3, -0.25) is 9.24 Å². The van der Waals surface area contributed by atoms with Crippen LogP contribution in [0.4, 0.5) is 0 Å². The molecule has 0 N–H and O–H groups in total. The summed E-state index contributed by atoms with van der Waals surface area (Å²) in [6, 6.07) is 0. The fourth-order valence-corrected chi connectivity index (χ4v) is 7.41. The molecule has 0 radical (unpaired) electrons. The molecule has 0 bridgehead atoms. The fourth-order valence-electron chi connectivity index (χ4n) is 1.86. The van der Waals surface area contributed by atoms with E-state index in [4.69, 9.17) is 20.3 Å². The highest BCUT2D eigenvalue weighted by Crippen LogP contribution is 2.71. The first-order valence-corrected chi connectivity index (χ1v) is 10.5. The van der Waals surface area contributed by atoms with Gasteiger partial charge in [-0.05, 0) is 26.7 Å². The summed E-state index contributed by atoms with van der Waals surface area (Å²) >= 11 is 6.06. The summed E-state index contributed by atoms with van der Waals surface area (Å²) in [5.41, 5.74) is 0. The van der Waals surface area contributed by atoms with Gasteiger partial charge in [0.15, 0.2) is 7.60 Å². The average molecular weight is 317 g/mol. The normalized spacial score (nSPS) is 21.7. The third kappa shape index (κ3) is 4.96. The molecular weight excluding hydrogens is 296 g/mol. The van der Waals surface area contributed by atoms with Crippen LogP contribution in [0.25, 0.3) is 0 Å². The molecule has 1 aliphatic heterocycles. The van der Waals surface area contributed by atoms with E-state index in [1.165, 1.54) is 0 Å². The Hall–Kier alpha value is 0.630. The molecule has 1 saturated heterocycles. The Morgan fingerprint density at radius 3 is 2.06 bits per heavy atom. The van der Waals surface area contributed by atoms with Crippen LogP contribution < -0.4 is 0 Å². The van der Waals surface area contributed by atoms with Gasteiger partial charge in [-0.15, -0.1) is 5.90 Å². The number of piperidine rings is 1. The van der Waals surface area contributed by atoms with Crippen molar-refractivity contribution >= 4 is 25.5 Å². The highest BCUT2D eigenvalue weighted by molar-refractivity contribution is 7.95. The van der Waals surface area contributed by atoms with E-state index in [-0.39, 0.29) is 13.2 Å². The Balaban J connectivity index is 2.71. The first-order chi connectivity index (χ1) is 8.43. The predicted octanol–water partition coefficient (Wildman–Crippen LogP) is 4.29. The first-order valence-electron chi connectivity index (χ1n) is 6.24. The van der Waals surface area contributed by atoms with E-state index in [2.05, 4.69) is 0 Å². The summed E-state index contributed by atoms with van der Waals surface area (Å²) in [6.45, 7) is 1.91. The summed E-state index contributed by atoms with van der Waals surface area (Å²) in [5.74, 6) is 1.10. The zero-order valence-electron chi connectivity index (χ0n) is 10.9. The maximum atomic E-state index is 12.4. The van der Waals surface area contributed by atoms with Crippen molar-refractivity contribution < 1.29 is 18.2 Å². The van der Waals surface area contributed by atoms with Crippen LogP contribution in [-0.2, 0) is 18.2 Å². The van der Waals surface area contributed by atoms with Gasteiger partial charge < -0.3 is 13.6 Å². The van der Waals surface area contributed by atoms with Gasteiger partial charge >= 0.3 is 0 Å². The van der Waals surface area contributed by atoms with Crippen molar-refractivity contribution in [1.82, 2.24) is 4.67 Å². The fraction of sp³-hybridized carbons (Fsp3) is 0.900. The van der Waals surface area contributed by atoms with Crippen LogP contribution in [0.15, 0.2) is 0 Å². The molecule has 1 fully saturated rings. The largest absolute Gasteiger partial charge is 0.331 e. The van der Waals surface area contributed by atoms with Crippen molar-refractivity contribution in [2.75, 3.05) is 26.3 Å². The van der Waals surface area contributed by atoms with Gasteiger partial charge in [0.1, 0.15) is 6.65 Å². The lowest BCUT2D eigenvalue weighted by Crippen LogP contribution is -2.25. The zero-order valence-corrected chi connectivity index (χ0v) is 13.4. The molecule has 0 aromatic rings. The summed E-state index contributed by atoms with van der Waals surface area (Å²) in [5, 5.41) is 0. The van der Waals surface area contributed by atoms with E-state index in [1.807, 2.05) is 0 Å².